The quantitative estimate of drug-likeness (QED) is 0.820. The van der Waals surface area contributed by atoms with Crippen LogP contribution in [0.25, 0.3) is 0 Å². The molecule has 1 spiro atoms. The van der Waals surface area contributed by atoms with E-state index in [0.29, 0.717) is 25.8 Å². The second-order valence-electron chi connectivity index (χ2n) is 8.21. The Morgan fingerprint density at radius 3 is 2.70 bits per heavy atom. The molecule has 0 aromatic carbocycles. The first-order valence-electron chi connectivity index (χ1n) is 10.1. The number of carbonyl (C=O) groups is 2. The van der Waals surface area contributed by atoms with Crippen LogP contribution in [0.2, 0.25) is 0 Å². The molecule has 0 unspecified atom stereocenters. The highest BCUT2D eigenvalue weighted by Gasteiger charge is 2.41. The second kappa shape index (κ2) is 8.42. The summed E-state index contributed by atoms with van der Waals surface area (Å²) in [6, 6.07) is 0.108. The van der Waals surface area contributed by atoms with Crippen molar-refractivity contribution in [3.8, 4) is 0 Å². The Hall–Kier alpha value is -1.89. The molecule has 2 amide bonds. The van der Waals surface area contributed by atoms with Gasteiger partial charge >= 0.3 is 0 Å². The van der Waals surface area contributed by atoms with Crippen LogP contribution in [0.5, 0.6) is 0 Å². The van der Waals surface area contributed by atoms with Gasteiger partial charge in [0.25, 0.3) is 0 Å². The molecule has 7 heteroatoms. The molecule has 27 heavy (non-hydrogen) atoms. The number of likely N-dealkylation sites (tertiary alicyclic amines) is 2. The number of aromatic nitrogens is 2. The van der Waals surface area contributed by atoms with E-state index in [0.717, 1.165) is 44.7 Å². The number of aliphatic hydroxyl groups is 1. The number of amides is 2. The van der Waals surface area contributed by atoms with Crippen LogP contribution in [-0.4, -0.2) is 69.1 Å². The molecular formula is C20H32N4O3. The van der Waals surface area contributed by atoms with Crippen LogP contribution in [0, 0.1) is 12.3 Å². The average molecular weight is 377 g/mol. The van der Waals surface area contributed by atoms with E-state index in [-0.39, 0.29) is 29.9 Å². The van der Waals surface area contributed by atoms with Gasteiger partial charge in [-0.15, -0.1) is 0 Å². The first-order valence-corrected chi connectivity index (χ1v) is 10.1. The van der Waals surface area contributed by atoms with Crippen molar-refractivity contribution < 1.29 is 14.7 Å². The Morgan fingerprint density at radius 1 is 1.33 bits per heavy atom. The largest absolute Gasteiger partial charge is 0.396 e. The van der Waals surface area contributed by atoms with Gasteiger partial charge < -0.3 is 19.5 Å². The zero-order chi connectivity index (χ0) is 19.4. The molecule has 2 aliphatic rings. The van der Waals surface area contributed by atoms with Crippen LogP contribution in [0.1, 0.15) is 57.3 Å². The highest BCUT2D eigenvalue weighted by atomic mass is 16.3. The van der Waals surface area contributed by atoms with Crippen molar-refractivity contribution in [3.63, 3.8) is 0 Å². The summed E-state index contributed by atoms with van der Waals surface area (Å²) >= 11 is 0. The van der Waals surface area contributed by atoms with Gasteiger partial charge in [-0.1, -0.05) is 0 Å². The van der Waals surface area contributed by atoms with Gasteiger partial charge in [0.1, 0.15) is 5.82 Å². The molecule has 3 heterocycles. The molecule has 2 fully saturated rings. The van der Waals surface area contributed by atoms with Crippen LogP contribution in [0.15, 0.2) is 12.4 Å². The molecule has 3 rings (SSSR count). The molecule has 1 aromatic heterocycles. The van der Waals surface area contributed by atoms with Crippen LogP contribution in [0.4, 0.5) is 0 Å². The van der Waals surface area contributed by atoms with Crippen LogP contribution < -0.4 is 0 Å². The molecule has 1 N–H and O–H groups in total. The molecular weight excluding hydrogens is 344 g/mol. The molecule has 1 atom stereocenters. The van der Waals surface area contributed by atoms with Gasteiger partial charge in [-0.3, -0.25) is 9.59 Å². The minimum absolute atomic E-state index is 0.108. The van der Waals surface area contributed by atoms with Gasteiger partial charge in [0, 0.05) is 64.1 Å². The smallest absolute Gasteiger partial charge is 0.224 e. The fourth-order valence-corrected chi connectivity index (χ4v) is 4.54. The van der Waals surface area contributed by atoms with Gasteiger partial charge in [0.05, 0.1) is 0 Å². The summed E-state index contributed by atoms with van der Waals surface area (Å²) in [7, 11) is 0. The molecule has 0 saturated carbocycles. The van der Waals surface area contributed by atoms with Crippen molar-refractivity contribution in [1.29, 1.82) is 0 Å². The fourth-order valence-electron chi connectivity index (χ4n) is 4.54. The number of piperidine rings is 2. The highest BCUT2D eigenvalue weighted by Crippen LogP contribution is 2.40. The Kier molecular flexibility index (Phi) is 6.19. The summed E-state index contributed by atoms with van der Waals surface area (Å²) < 4.78 is 2.05. The lowest BCUT2D eigenvalue weighted by molar-refractivity contribution is -0.142. The molecule has 0 radical (unpaired) electrons. The first-order chi connectivity index (χ1) is 12.9. The standard InChI is InChI=1S/C20H32N4O3/c1-16(24-12-8-21-17(24)2)14-19(27)22-10-6-20(7-11-22)5-4-18(26)23(15-20)9-3-13-25/h8,12,16,25H,3-7,9-11,13-15H2,1-2H3/t16-/m0/s1. The maximum atomic E-state index is 12.7. The normalized spacial score (nSPS) is 20.9. The molecule has 0 bridgehead atoms. The molecule has 1 aromatic rings. The number of aryl methyl sites for hydroxylation is 1. The van der Waals surface area contributed by atoms with Crippen molar-refractivity contribution in [1.82, 2.24) is 19.4 Å². The van der Waals surface area contributed by atoms with Gasteiger partial charge in [-0.05, 0) is 44.9 Å². The Morgan fingerprint density at radius 2 is 2.07 bits per heavy atom. The third-order valence-electron chi connectivity index (χ3n) is 6.32. The van der Waals surface area contributed by atoms with Gasteiger partial charge in [-0.2, -0.15) is 0 Å². The molecule has 7 nitrogen and oxygen atoms in total. The van der Waals surface area contributed by atoms with Crippen LogP contribution in [-0.2, 0) is 9.59 Å². The summed E-state index contributed by atoms with van der Waals surface area (Å²) in [6.07, 6.45) is 8.26. The minimum Gasteiger partial charge on any atom is -0.396 e. The molecule has 2 saturated heterocycles. The van der Waals surface area contributed by atoms with E-state index in [1.807, 2.05) is 22.9 Å². The van der Waals surface area contributed by atoms with E-state index in [9.17, 15) is 9.59 Å². The average Bonchev–Trinajstić information content (AvgIpc) is 3.09. The maximum absolute atomic E-state index is 12.7. The fraction of sp³-hybridized carbons (Fsp3) is 0.750. The number of carbonyl (C=O) groups excluding carboxylic acids is 2. The third-order valence-corrected chi connectivity index (χ3v) is 6.32. The predicted molar refractivity (Wildman–Crippen MR) is 102 cm³/mol. The topological polar surface area (TPSA) is 78.7 Å². The van der Waals surface area contributed by atoms with Crippen molar-refractivity contribution in [3.05, 3.63) is 18.2 Å². The van der Waals surface area contributed by atoms with E-state index >= 15 is 0 Å². The van der Waals surface area contributed by atoms with E-state index in [1.165, 1.54) is 0 Å². The van der Waals surface area contributed by atoms with E-state index < -0.39 is 0 Å². The second-order valence-corrected chi connectivity index (χ2v) is 8.21. The Bertz CT molecular complexity index is 664. The van der Waals surface area contributed by atoms with E-state index in [4.69, 9.17) is 5.11 Å². The molecule has 2 aliphatic heterocycles. The first kappa shape index (κ1) is 19.9. The number of hydrogen-bond acceptors (Lipinski definition) is 4. The maximum Gasteiger partial charge on any atom is 0.224 e. The number of hydrogen-bond donors (Lipinski definition) is 1. The lowest BCUT2D eigenvalue weighted by Gasteiger charge is -2.47. The minimum atomic E-state index is 0.108. The predicted octanol–water partition coefficient (Wildman–Crippen LogP) is 1.76. The lowest BCUT2D eigenvalue weighted by atomic mass is 9.72. The summed E-state index contributed by atoms with van der Waals surface area (Å²) in [5.74, 6) is 1.34. The zero-order valence-corrected chi connectivity index (χ0v) is 16.6. The summed E-state index contributed by atoms with van der Waals surface area (Å²) in [6.45, 7) is 7.10. The SMILES string of the molecule is Cc1nccn1[C@@H](C)CC(=O)N1CCC2(CCC(=O)N(CCCO)C2)CC1. The monoisotopic (exact) mass is 376 g/mol. The van der Waals surface area contributed by atoms with E-state index in [1.54, 1.807) is 6.20 Å². The summed E-state index contributed by atoms with van der Waals surface area (Å²) in [4.78, 5) is 33.0. The van der Waals surface area contributed by atoms with E-state index in [2.05, 4.69) is 16.5 Å². The zero-order valence-electron chi connectivity index (χ0n) is 16.6. The van der Waals surface area contributed by atoms with Crippen molar-refractivity contribution in [2.75, 3.05) is 32.8 Å². The van der Waals surface area contributed by atoms with Crippen molar-refractivity contribution in [2.45, 2.75) is 58.4 Å². The summed E-state index contributed by atoms with van der Waals surface area (Å²) in [5.41, 5.74) is 0.146. The number of imidazole rings is 1. The molecule has 0 aliphatic carbocycles. The van der Waals surface area contributed by atoms with Gasteiger partial charge in [0.2, 0.25) is 11.8 Å². The van der Waals surface area contributed by atoms with Crippen LogP contribution in [0.3, 0.4) is 0 Å². The Balaban J connectivity index is 1.52. The summed E-state index contributed by atoms with van der Waals surface area (Å²) in [5, 5.41) is 9.05. The van der Waals surface area contributed by atoms with Crippen LogP contribution >= 0.6 is 0 Å². The molecule has 150 valence electrons. The number of rotatable bonds is 6. The third kappa shape index (κ3) is 4.51. The number of nitrogens with zero attached hydrogens (tertiary/aromatic N) is 4. The van der Waals surface area contributed by atoms with Crippen molar-refractivity contribution in [2.24, 2.45) is 5.41 Å². The number of aliphatic hydroxyl groups excluding tert-OH is 1. The van der Waals surface area contributed by atoms with Gasteiger partial charge in [-0.25, -0.2) is 4.98 Å². The van der Waals surface area contributed by atoms with Gasteiger partial charge in [0.15, 0.2) is 0 Å². The highest BCUT2D eigenvalue weighted by molar-refractivity contribution is 5.78. The Labute approximate surface area is 161 Å². The lowest BCUT2D eigenvalue weighted by Crippen LogP contribution is -2.52. The van der Waals surface area contributed by atoms with Crippen molar-refractivity contribution >= 4 is 11.8 Å².